The van der Waals surface area contributed by atoms with Crippen LogP contribution in [0.1, 0.15) is 31.2 Å². The third kappa shape index (κ3) is 4.17. The molecule has 0 spiro atoms. The largest absolute Gasteiger partial charge is 0.323 e. The summed E-state index contributed by atoms with van der Waals surface area (Å²) >= 11 is 0. The van der Waals surface area contributed by atoms with Gasteiger partial charge in [-0.25, -0.2) is 8.42 Å². The summed E-state index contributed by atoms with van der Waals surface area (Å²) in [5.74, 6) is -0.282. The first kappa shape index (κ1) is 17.4. The van der Waals surface area contributed by atoms with E-state index in [1.54, 1.807) is 54.5 Å². The molecule has 1 aromatic carbocycles. The number of amides is 1. The number of anilines is 1. The molecule has 3 rings (SSSR count). The fourth-order valence-electron chi connectivity index (χ4n) is 3.00. The molecule has 25 heavy (non-hydrogen) atoms. The zero-order valence-electron chi connectivity index (χ0n) is 14.1. The molecule has 6 nitrogen and oxygen atoms in total. The van der Waals surface area contributed by atoms with Crippen LogP contribution in [0, 0.1) is 0 Å². The smallest absolute Gasteiger partial charge is 0.248 e. The highest BCUT2D eigenvalue weighted by Crippen LogP contribution is 2.30. The van der Waals surface area contributed by atoms with E-state index in [1.165, 1.54) is 6.08 Å². The Morgan fingerprint density at radius 3 is 2.52 bits per heavy atom. The Kier molecular flexibility index (Phi) is 5.03. The van der Waals surface area contributed by atoms with E-state index in [2.05, 4.69) is 10.4 Å². The van der Waals surface area contributed by atoms with Crippen LogP contribution in [0.15, 0.2) is 47.6 Å². The second-order valence-corrected chi connectivity index (χ2v) is 8.47. The summed E-state index contributed by atoms with van der Waals surface area (Å²) in [4.78, 5) is 12.3. The predicted octanol–water partition coefficient (Wildman–Crippen LogP) is 2.79. The van der Waals surface area contributed by atoms with Crippen LogP contribution in [0.25, 0.3) is 6.08 Å². The van der Waals surface area contributed by atoms with Gasteiger partial charge in [-0.2, -0.15) is 5.10 Å². The Hall–Kier alpha value is -2.41. The molecule has 0 aliphatic heterocycles. The maximum absolute atomic E-state index is 12.5. The standard InChI is InChI=1S/C18H21N3O3S/c1-21-13-14(12-19-21)6-11-18(22)20-15-7-9-17(10-8-15)25(23,24)16-4-2-3-5-16/h6-13,16H,2-5H2,1H3,(H,20,22)/b11-6+. The number of nitrogens with one attached hydrogen (secondary N) is 1. The first-order valence-corrected chi connectivity index (χ1v) is 9.81. The van der Waals surface area contributed by atoms with Crippen LogP contribution in [0.2, 0.25) is 0 Å². The van der Waals surface area contributed by atoms with E-state index in [-0.39, 0.29) is 11.2 Å². The molecular weight excluding hydrogens is 338 g/mol. The number of aromatic nitrogens is 2. The van der Waals surface area contributed by atoms with Crippen molar-refractivity contribution in [1.82, 2.24) is 9.78 Å². The molecule has 1 heterocycles. The van der Waals surface area contributed by atoms with Crippen molar-refractivity contribution in [2.75, 3.05) is 5.32 Å². The minimum Gasteiger partial charge on any atom is -0.323 e. The number of hydrogen-bond acceptors (Lipinski definition) is 4. The van der Waals surface area contributed by atoms with E-state index in [0.29, 0.717) is 10.6 Å². The molecule has 1 N–H and O–H groups in total. The normalized spacial score (nSPS) is 15.7. The van der Waals surface area contributed by atoms with Crippen LogP contribution < -0.4 is 5.32 Å². The summed E-state index contributed by atoms with van der Waals surface area (Å²) in [5, 5.41) is 6.47. The number of aryl methyl sites for hydroxylation is 1. The van der Waals surface area contributed by atoms with Gasteiger partial charge >= 0.3 is 0 Å². The number of carbonyl (C=O) groups excluding carboxylic acids is 1. The number of nitrogens with zero attached hydrogens (tertiary/aromatic N) is 2. The Labute approximate surface area is 147 Å². The average molecular weight is 359 g/mol. The molecular formula is C18H21N3O3S. The second kappa shape index (κ2) is 7.23. The van der Waals surface area contributed by atoms with Crippen LogP contribution in [0.3, 0.4) is 0 Å². The molecule has 0 atom stereocenters. The van der Waals surface area contributed by atoms with E-state index in [9.17, 15) is 13.2 Å². The van der Waals surface area contributed by atoms with Gasteiger partial charge in [0.25, 0.3) is 0 Å². The van der Waals surface area contributed by atoms with Crippen molar-refractivity contribution >= 4 is 27.5 Å². The van der Waals surface area contributed by atoms with Gasteiger partial charge in [0.15, 0.2) is 9.84 Å². The first-order valence-electron chi connectivity index (χ1n) is 8.27. The average Bonchev–Trinajstić information content (AvgIpc) is 3.25. The van der Waals surface area contributed by atoms with Crippen LogP contribution in [0.4, 0.5) is 5.69 Å². The van der Waals surface area contributed by atoms with Crippen molar-refractivity contribution in [3.63, 3.8) is 0 Å². The van der Waals surface area contributed by atoms with Gasteiger partial charge in [-0.05, 0) is 43.2 Å². The Bertz CT molecular complexity index is 877. The summed E-state index contributed by atoms with van der Waals surface area (Å²) in [7, 11) is -1.46. The molecule has 0 radical (unpaired) electrons. The van der Waals surface area contributed by atoms with Crippen molar-refractivity contribution in [1.29, 1.82) is 0 Å². The van der Waals surface area contributed by atoms with E-state index in [0.717, 1.165) is 31.2 Å². The van der Waals surface area contributed by atoms with Crippen molar-refractivity contribution in [2.24, 2.45) is 7.05 Å². The zero-order chi connectivity index (χ0) is 17.9. The molecule has 1 amide bonds. The van der Waals surface area contributed by atoms with E-state index >= 15 is 0 Å². The zero-order valence-corrected chi connectivity index (χ0v) is 14.9. The summed E-state index contributed by atoms with van der Waals surface area (Å²) in [6, 6.07) is 6.37. The van der Waals surface area contributed by atoms with Crippen LogP contribution >= 0.6 is 0 Å². The number of carbonyl (C=O) groups is 1. The number of rotatable bonds is 5. The number of sulfone groups is 1. The summed E-state index contributed by atoms with van der Waals surface area (Å²) in [6.45, 7) is 0. The first-order chi connectivity index (χ1) is 11.9. The minimum atomic E-state index is -3.26. The van der Waals surface area contributed by atoms with Crippen molar-refractivity contribution in [3.05, 3.63) is 48.3 Å². The molecule has 1 aliphatic carbocycles. The lowest BCUT2D eigenvalue weighted by atomic mass is 10.3. The minimum absolute atomic E-state index is 0.268. The van der Waals surface area contributed by atoms with Gasteiger partial charge in [-0.1, -0.05) is 12.8 Å². The van der Waals surface area contributed by atoms with E-state index < -0.39 is 9.84 Å². The third-order valence-electron chi connectivity index (χ3n) is 4.34. The number of benzene rings is 1. The molecule has 0 bridgehead atoms. The van der Waals surface area contributed by atoms with Gasteiger partial charge < -0.3 is 5.32 Å². The Morgan fingerprint density at radius 1 is 1.24 bits per heavy atom. The maximum atomic E-state index is 12.5. The van der Waals surface area contributed by atoms with Gasteiger partial charge in [0, 0.05) is 30.6 Å². The molecule has 1 fully saturated rings. The van der Waals surface area contributed by atoms with Crippen molar-refractivity contribution < 1.29 is 13.2 Å². The van der Waals surface area contributed by atoms with Crippen LogP contribution in [0.5, 0.6) is 0 Å². The highest BCUT2D eigenvalue weighted by molar-refractivity contribution is 7.92. The summed E-state index contributed by atoms with van der Waals surface area (Å²) in [5.41, 5.74) is 1.39. The highest BCUT2D eigenvalue weighted by Gasteiger charge is 2.30. The van der Waals surface area contributed by atoms with Crippen molar-refractivity contribution in [3.8, 4) is 0 Å². The Balaban J connectivity index is 1.64. The van der Waals surface area contributed by atoms with Crippen LogP contribution in [-0.2, 0) is 21.7 Å². The van der Waals surface area contributed by atoms with Gasteiger partial charge in [-0.15, -0.1) is 0 Å². The fraction of sp³-hybridized carbons (Fsp3) is 0.333. The molecule has 2 aromatic rings. The molecule has 132 valence electrons. The van der Waals surface area contributed by atoms with Crippen molar-refractivity contribution in [2.45, 2.75) is 35.8 Å². The van der Waals surface area contributed by atoms with E-state index in [4.69, 9.17) is 0 Å². The monoisotopic (exact) mass is 359 g/mol. The number of hydrogen-bond donors (Lipinski definition) is 1. The summed E-state index contributed by atoms with van der Waals surface area (Å²) < 4.78 is 26.7. The summed E-state index contributed by atoms with van der Waals surface area (Å²) in [6.07, 6.45) is 9.96. The van der Waals surface area contributed by atoms with E-state index in [1.807, 2.05) is 0 Å². The molecule has 0 unspecified atom stereocenters. The molecule has 0 saturated heterocycles. The quantitative estimate of drug-likeness (QED) is 0.833. The molecule has 1 aliphatic rings. The second-order valence-electron chi connectivity index (χ2n) is 6.25. The lowest BCUT2D eigenvalue weighted by molar-refractivity contribution is -0.111. The lowest BCUT2D eigenvalue weighted by Gasteiger charge is -2.11. The SMILES string of the molecule is Cn1cc(/C=C/C(=O)Nc2ccc(S(=O)(=O)C3CCCC3)cc2)cn1. The van der Waals surface area contributed by atoms with Gasteiger partial charge in [0.05, 0.1) is 16.3 Å². The Morgan fingerprint density at radius 2 is 1.92 bits per heavy atom. The molecule has 7 heteroatoms. The highest BCUT2D eigenvalue weighted by atomic mass is 32.2. The molecule has 1 saturated carbocycles. The maximum Gasteiger partial charge on any atom is 0.248 e. The predicted molar refractivity (Wildman–Crippen MR) is 96.8 cm³/mol. The van der Waals surface area contributed by atoms with Gasteiger partial charge in [0.1, 0.15) is 0 Å². The van der Waals surface area contributed by atoms with Gasteiger partial charge in [-0.3, -0.25) is 9.48 Å². The van der Waals surface area contributed by atoms with Gasteiger partial charge in [0.2, 0.25) is 5.91 Å². The molecule has 1 aromatic heterocycles. The lowest BCUT2D eigenvalue weighted by Crippen LogP contribution is -2.17. The van der Waals surface area contributed by atoms with Crippen LogP contribution in [-0.4, -0.2) is 29.4 Å². The fourth-order valence-corrected chi connectivity index (χ4v) is 4.86. The topological polar surface area (TPSA) is 81.1 Å². The third-order valence-corrected chi connectivity index (χ3v) is 6.62.